The summed E-state index contributed by atoms with van der Waals surface area (Å²) in [7, 11) is 0. The lowest BCUT2D eigenvalue weighted by Crippen LogP contribution is -2.07. The molecule has 1 N–H and O–H groups in total. The monoisotopic (exact) mass is 226 g/mol. The van der Waals surface area contributed by atoms with Crippen LogP contribution in [-0.4, -0.2) is 17.8 Å². The molecular weight excluding hydrogens is 212 g/mol. The van der Waals surface area contributed by atoms with E-state index in [0.717, 1.165) is 12.7 Å². The fraction of sp³-hybridized carbons (Fsp3) is 0.143. The second-order valence-corrected chi connectivity index (χ2v) is 3.71. The lowest BCUT2D eigenvalue weighted by molar-refractivity contribution is 0.112. The molecule has 0 fully saturated rings. The third-order valence-corrected chi connectivity index (χ3v) is 2.50. The van der Waals surface area contributed by atoms with Crippen molar-refractivity contribution >= 4 is 12.1 Å². The van der Waals surface area contributed by atoms with E-state index in [1.165, 1.54) is 5.57 Å². The van der Waals surface area contributed by atoms with E-state index in [9.17, 15) is 4.79 Å². The lowest BCUT2D eigenvalue weighted by atomic mass is 10.2. The molecule has 2 rings (SSSR count). The Labute approximate surface area is 101 Å². The van der Waals surface area contributed by atoms with Crippen molar-refractivity contribution in [2.75, 3.05) is 11.9 Å². The molecule has 0 atom stereocenters. The van der Waals surface area contributed by atoms with Crippen molar-refractivity contribution in [3.8, 4) is 0 Å². The first kappa shape index (κ1) is 11.3. The lowest BCUT2D eigenvalue weighted by Gasteiger charge is -2.07. The van der Waals surface area contributed by atoms with Crippen LogP contribution in [0.1, 0.15) is 16.8 Å². The van der Waals surface area contributed by atoms with Gasteiger partial charge in [0, 0.05) is 12.7 Å². The normalized spacial score (nSPS) is 14.0. The summed E-state index contributed by atoms with van der Waals surface area (Å²) < 4.78 is 0. The van der Waals surface area contributed by atoms with Crippen LogP contribution in [0.25, 0.3) is 0 Å². The van der Waals surface area contributed by atoms with Gasteiger partial charge >= 0.3 is 0 Å². The predicted octanol–water partition coefficient (Wildman–Crippen LogP) is 2.75. The number of carbonyl (C=O) groups excluding carboxylic acids is 1. The van der Waals surface area contributed by atoms with Gasteiger partial charge in [0.15, 0.2) is 6.29 Å². The minimum atomic E-state index is 0.587. The molecule has 0 saturated carbocycles. The van der Waals surface area contributed by atoms with Crippen LogP contribution in [0.4, 0.5) is 5.82 Å². The number of carbonyl (C=O) groups is 1. The number of anilines is 1. The van der Waals surface area contributed by atoms with Crippen molar-refractivity contribution in [3.05, 3.63) is 59.8 Å². The molecule has 86 valence electrons. The van der Waals surface area contributed by atoms with E-state index < -0.39 is 0 Å². The van der Waals surface area contributed by atoms with Crippen LogP contribution in [0.5, 0.6) is 0 Å². The van der Waals surface area contributed by atoms with Gasteiger partial charge in [-0.1, -0.05) is 30.4 Å². The van der Waals surface area contributed by atoms with Gasteiger partial charge in [-0.25, -0.2) is 4.98 Å². The molecular formula is C14H14N2O. The number of hydrogen-bond acceptors (Lipinski definition) is 3. The van der Waals surface area contributed by atoms with Gasteiger partial charge < -0.3 is 5.32 Å². The first-order valence-corrected chi connectivity index (χ1v) is 5.56. The summed E-state index contributed by atoms with van der Waals surface area (Å²) in [6.45, 7) is 0.677. The molecule has 0 bridgehead atoms. The summed E-state index contributed by atoms with van der Waals surface area (Å²) in [6, 6.07) is 3.50. The fourth-order valence-corrected chi connectivity index (χ4v) is 1.60. The number of rotatable bonds is 4. The van der Waals surface area contributed by atoms with Crippen LogP contribution < -0.4 is 5.32 Å². The number of hydrogen-bond donors (Lipinski definition) is 1. The molecule has 3 nitrogen and oxygen atoms in total. The molecule has 1 aromatic heterocycles. The molecule has 1 aliphatic rings. The standard InChI is InChI=1S/C14H14N2O/c17-11-13-8-5-9-15-14(13)16-10-12-6-3-1-2-4-7-12/h1-3,5-9,11H,4,10H2,(H,15,16). The van der Waals surface area contributed by atoms with Crippen molar-refractivity contribution in [3.63, 3.8) is 0 Å². The van der Waals surface area contributed by atoms with Crippen LogP contribution in [0.3, 0.4) is 0 Å². The Morgan fingerprint density at radius 3 is 3.24 bits per heavy atom. The van der Waals surface area contributed by atoms with E-state index in [1.807, 2.05) is 12.2 Å². The number of nitrogens with one attached hydrogen (secondary N) is 1. The van der Waals surface area contributed by atoms with Crippen molar-refractivity contribution in [2.45, 2.75) is 6.42 Å². The summed E-state index contributed by atoms with van der Waals surface area (Å²) in [5, 5.41) is 3.17. The smallest absolute Gasteiger partial charge is 0.153 e. The Balaban J connectivity index is 2.02. The maximum atomic E-state index is 10.8. The molecule has 0 aliphatic heterocycles. The quantitative estimate of drug-likeness (QED) is 0.803. The van der Waals surface area contributed by atoms with E-state index in [-0.39, 0.29) is 0 Å². The van der Waals surface area contributed by atoms with Crippen LogP contribution in [0.15, 0.2) is 54.3 Å². The summed E-state index contributed by atoms with van der Waals surface area (Å²) >= 11 is 0. The Kier molecular flexibility index (Phi) is 3.86. The first-order valence-electron chi connectivity index (χ1n) is 5.56. The Hall–Kier alpha value is -2.16. The highest BCUT2D eigenvalue weighted by Gasteiger charge is 2.01. The molecule has 1 heterocycles. The van der Waals surface area contributed by atoms with Crippen molar-refractivity contribution in [2.24, 2.45) is 0 Å². The molecule has 3 heteroatoms. The number of nitrogens with zero attached hydrogens (tertiary/aromatic N) is 1. The SMILES string of the molecule is O=Cc1cccnc1NCC1=CCC=CC=C1. The fourth-order valence-electron chi connectivity index (χ4n) is 1.60. The van der Waals surface area contributed by atoms with Gasteiger partial charge in [0.1, 0.15) is 5.82 Å². The minimum Gasteiger partial charge on any atom is -0.365 e. The second kappa shape index (κ2) is 5.80. The van der Waals surface area contributed by atoms with Crippen LogP contribution in [0.2, 0.25) is 0 Å². The molecule has 0 spiro atoms. The van der Waals surface area contributed by atoms with E-state index in [2.05, 4.69) is 28.5 Å². The average Bonchev–Trinajstić information content (AvgIpc) is 2.65. The molecule has 0 amide bonds. The van der Waals surface area contributed by atoms with Gasteiger partial charge in [-0.3, -0.25) is 4.79 Å². The van der Waals surface area contributed by atoms with E-state index in [1.54, 1.807) is 18.3 Å². The molecule has 1 aliphatic carbocycles. The molecule has 1 aromatic rings. The van der Waals surface area contributed by atoms with Crippen molar-refractivity contribution in [1.82, 2.24) is 4.98 Å². The van der Waals surface area contributed by atoms with Gasteiger partial charge in [-0.15, -0.1) is 0 Å². The average molecular weight is 226 g/mol. The third-order valence-electron chi connectivity index (χ3n) is 2.50. The Bertz CT molecular complexity index is 487. The summed E-state index contributed by atoms with van der Waals surface area (Å²) in [6.07, 6.45) is 13.8. The summed E-state index contributed by atoms with van der Waals surface area (Å²) in [5.41, 5.74) is 1.78. The minimum absolute atomic E-state index is 0.587. The molecule has 17 heavy (non-hydrogen) atoms. The zero-order chi connectivity index (χ0) is 11.9. The molecule has 0 unspecified atom stereocenters. The maximum absolute atomic E-state index is 10.8. The highest BCUT2D eigenvalue weighted by molar-refractivity contribution is 5.82. The van der Waals surface area contributed by atoms with Gasteiger partial charge in [0.05, 0.1) is 5.56 Å². The predicted molar refractivity (Wildman–Crippen MR) is 69.1 cm³/mol. The number of pyridine rings is 1. The second-order valence-electron chi connectivity index (χ2n) is 3.71. The Morgan fingerprint density at radius 1 is 1.41 bits per heavy atom. The third kappa shape index (κ3) is 3.14. The molecule has 0 radical (unpaired) electrons. The topological polar surface area (TPSA) is 42.0 Å². The summed E-state index contributed by atoms with van der Waals surface area (Å²) in [5.74, 6) is 0.633. The highest BCUT2D eigenvalue weighted by atomic mass is 16.1. The largest absolute Gasteiger partial charge is 0.365 e. The van der Waals surface area contributed by atoms with Crippen LogP contribution in [0, 0.1) is 0 Å². The molecule has 0 aromatic carbocycles. The highest BCUT2D eigenvalue weighted by Crippen LogP contribution is 2.11. The van der Waals surface area contributed by atoms with Gasteiger partial charge in [-0.2, -0.15) is 0 Å². The number of allylic oxidation sites excluding steroid dienone is 4. The van der Waals surface area contributed by atoms with Gasteiger partial charge in [0.2, 0.25) is 0 Å². The Morgan fingerprint density at radius 2 is 2.35 bits per heavy atom. The van der Waals surface area contributed by atoms with Gasteiger partial charge in [0.25, 0.3) is 0 Å². The number of aldehydes is 1. The van der Waals surface area contributed by atoms with Crippen LogP contribution in [-0.2, 0) is 0 Å². The number of aromatic nitrogens is 1. The van der Waals surface area contributed by atoms with Gasteiger partial charge in [-0.05, 0) is 24.1 Å². The zero-order valence-electron chi connectivity index (χ0n) is 9.47. The van der Waals surface area contributed by atoms with Crippen LogP contribution >= 0.6 is 0 Å². The van der Waals surface area contributed by atoms with E-state index in [4.69, 9.17) is 0 Å². The summed E-state index contributed by atoms with van der Waals surface area (Å²) in [4.78, 5) is 15.0. The maximum Gasteiger partial charge on any atom is 0.153 e. The van der Waals surface area contributed by atoms with E-state index in [0.29, 0.717) is 17.9 Å². The first-order chi connectivity index (χ1) is 8.40. The molecule has 0 saturated heterocycles. The van der Waals surface area contributed by atoms with Crippen molar-refractivity contribution in [1.29, 1.82) is 0 Å². The van der Waals surface area contributed by atoms with E-state index >= 15 is 0 Å². The zero-order valence-corrected chi connectivity index (χ0v) is 9.47. The van der Waals surface area contributed by atoms with Crippen molar-refractivity contribution < 1.29 is 4.79 Å².